The summed E-state index contributed by atoms with van der Waals surface area (Å²) in [5, 5.41) is 12.3. The minimum atomic E-state index is 0.865. The maximum absolute atomic E-state index is 6.45. The van der Waals surface area contributed by atoms with Gasteiger partial charge in [0, 0.05) is 16.8 Å². The number of anilines is 3. The summed E-state index contributed by atoms with van der Waals surface area (Å²) in [6.07, 6.45) is 0. The van der Waals surface area contributed by atoms with Gasteiger partial charge in [0.2, 0.25) is 0 Å². The van der Waals surface area contributed by atoms with Gasteiger partial charge in [-0.3, -0.25) is 0 Å². The molecule has 0 radical (unpaired) electrons. The molecule has 2 heteroatoms. The predicted molar refractivity (Wildman–Crippen MR) is 255 cm³/mol. The van der Waals surface area contributed by atoms with Gasteiger partial charge in [-0.05, 0) is 119 Å². The first-order chi connectivity index (χ1) is 29.7. The number of hydrogen-bond donors (Lipinski definition) is 0. The lowest BCUT2D eigenvalue weighted by Crippen LogP contribution is -2.10. The van der Waals surface area contributed by atoms with Crippen molar-refractivity contribution < 1.29 is 4.42 Å². The van der Waals surface area contributed by atoms with Crippen molar-refractivity contribution in [2.45, 2.75) is 0 Å². The summed E-state index contributed by atoms with van der Waals surface area (Å²) in [7, 11) is 0. The van der Waals surface area contributed by atoms with Gasteiger partial charge in [-0.25, -0.2) is 0 Å². The Morgan fingerprint density at radius 3 is 1.47 bits per heavy atom. The number of hydrogen-bond acceptors (Lipinski definition) is 2. The van der Waals surface area contributed by atoms with Crippen LogP contribution in [0.25, 0.3) is 98.4 Å². The molecular weight excluding hydrogens is 727 g/mol. The van der Waals surface area contributed by atoms with Crippen molar-refractivity contribution in [3.05, 3.63) is 224 Å². The number of nitrogens with zero attached hydrogens (tertiary/aromatic N) is 1. The summed E-state index contributed by atoms with van der Waals surface area (Å²) in [6, 6.07) is 81.3. The van der Waals surface area contributed by atoms with Gasteiger partial charge in [0.05, 0.1) is 11.1 Å². The van der Waals surface area contributed by atoms with Crippen LogP contribution in [0.1, 0.15) is 0 Å². The van der Waals surface area contributed by atoms with Crippen LogP contribution in [-0.4, -0.2) is 0 Å². The first-order valence-corrected chi connectivity index (χ1v) is 20.6. The maximum Gasteiger partial charge on any atom is 0.137 e. The largest absolute Gasteiger partial charge is 0.456 e. The lowest BCUT2D eigenvalue weighted by Gasteiger charge is -2.27. The zero-order valence-corrected chi connectivity index (χ0v) is 32.7. The van der Waals surface area contributed by atoms with Gasteiger partial charge in [-0.1, -0.05) is 182 Å². The van der Waals surface area contributed by atoms with Gasteiger partial charge in [-0.15, -0.1) is 0 Å². The van der Waals surface area contributed by atoms with Crippen molar-refractivity contribution in [1.29, 1.82) is 0 Å². The Morgan fingerprint density at radius 2 is 0.783 bits per heavy atom. The topological polar surface area (TPSA) is 16.4 Å². The third-order valence-electron chi connectivity index (χ3n) is 12.2. The summed E-state index contributed by atoms with van der Waals surface area (Å²) >= 11 is 0. The molecular formula is C58H37NO. The van der Waals surface area contributed by atoms with Crippen molar-refractivity contribution in [2.24, 2.45) is 0 Å². The Morgan fingerprint density at radius 1 is 0.283 bits per heavy atom. The number of rotatable bonds is 6. The summed E-state index contributed by atoms with van der Waals surface area (Å²) in [6.45, 7) is 0. The van der Waals surface area contributed by atoms with Crippen LogP contribution < -0.4 is 4.90 Å². The van der Waals surface area contributed by atoms with E-state index in [0.717, 1.165) is 55.7 Å². The molecule has 0 bridgehead atoms. The van der Waals surface area contributed by atoms with E-state index in [1.807, 2.05) is 6.07 Å². The lowest BCUT2D eigenvalue weighted by molar-refractivity contribution is 0.669. The van der Waals surface area contributed by atoms with Crippen molar-refractivity contribution in [3.8, 4) is 33.4 Å². The molecule has 12 aromatic rings. The fourth-order valence-corrected chi connectivity index (χ4v) is 9.43. The second-order valence-electron chi connectivity index (χ2n) is 15.6. The van der Waals surface area contributed by atoms with Crippen molar-refractivity contribution in [3.63, 3.8) is 0 Å². The Hall–Kier alpha value is -7.94. The molecule has 0 amide bonds. The minimum absolute atomic E-state index is 0.865. The summed E-state index contributed by atoms with van der Waals surface area (Å²) < 4.78 is 6.45. The Balaban J connectivity index is 0.996. The molecule has 60 heavy (non-hydrogen) atoms. The van der Waals surface area contributed by atoms with Gasteiger partial charge < -0.3 is 9.32 Å². The summed E-state index contributed by atoms with van der Waals surface area (Å²) in [5.41, 5.74) is 12.1. The minimum Gasteiger partial charge on any atom is -0.456 e. The normalized spacial score (nSPS) is 11.7. The Labute approximate surface area is 347 Å². The molecule has 0 unspecified atom stereocenters. The molecule has 0 saturated carbocycles. The molecule has 0 aliphatic rings. The van der Waals surface area contributed by atoms with Crippen molar-refractivity contribution in [2.75, 3.05) is 4.90 Å². The molecule has 1 heterocycles. The van der Waals surface area contributed by atoms with Crippen LogP contribution in [0.3, 0.4) is 0 Å². The van der Waals surface area contributed by atoms with Crippen LogP contribution in [-0.2, 0) is 0 Å². The van der Waals surface area contributed by atoms with Gasteiger partial charge in [0.25, 0.3) is 0 Å². The zero-order chi connectivity index (χ0) is 39.6. The van der Waals surface area contributed by atoms with E-state index in [-0.39, 0.29) is 0 Å². The predicted octanol–water partition coefficient (Wildman–Crippen LogP) is 16.7. The standard InChI is InChI=1S/C58H37NO/c1-3-18-46-39(12-1)32-34-52-48(21-9-23-50(46)52)41-30-28-38(29-31-41)42-14-7-16-44(36-42)59(55-25-11-27-57-58(55)54-20-5-6-26-56(54)60-57)45-17-8-15-43(37-45)49-22-10-24-51-47-19-4-2-13-40(47)33-35-53(49)51/h1-37H. The molecule has 0 saturated heterocycles. The van der Waals surface area contributed by atoms with Crippen LogP contribution in [0, 0.1) is 0 Å². The molecule has 1 aromatic heterocycles. The lowest BCUT2D eigenvalue weighted by atomic mass is 9.93. The number of para-hydroxylation sites is 1. The fourth-order valence-electron chi connectivity index (χ4n) is 9.43. The highest BCUT2D eigenvalue weighted by molar-refractivity contribution is 6.15. The molecule has 0 spiro atoms. The number of furan rings is 1. The van der Waals surface area contributed by atoms with E-state index in [2.05, 4.69) is 223 Å². The summed E-state index contributed by atoms with van der Waals surface area (Å²) in [5.74, 6) is 0. The monoisotopic (exact) mass is 763 g/mol. The smallest absolute Gasteiger partial charge is 0.137 e. The quantitative estimate of drug-likeness (QED) is 0.157. The van der Waals surface area contributed by atoms with E-state index in [9.17, 15) is 0 Å². The third-order valence-corrected chi connectivity index (χ3v) is 12.2. The Bertz CT molecular complexity index is 3610. The van der Waals surface area contributed by atoms with Crippen LogP contribution in [0.15, 0.2) is 229 Å². The number of benzene rings is 11. The highest BCUT2D eigenvalue weighted by Crippen LogP contribution is 2.45. The van der Waals surface area contributed by atoms with Gasteiger partial charge in [-0.2, -0.15) is 0 Å². The SMILES string of the molecule is c1cc(-c2ccc(-c3cccc4c3ccc3ccccc34)cc2)cc(N(c2cccc(-c3cccc4c3ccc3ccccc34)c2)c2cccc3oc4ccccc4c23)c1. The molecule has 2 nitrogen and oxygen atoms in total. The van der Waals surface area contributed by atoms with Crippen LogP contribution in [0.4, 0.5) is 17.1 Å². The second-order valence-corrected chi connectivity index (χ2v) is 15.6. The maximum atomic E-state index is 6.45. The summed E-state index contributed by atoms with van der Waals surface area (Å²) in [4.78, 5) is 2.40. The average Bonchev–Trinajstić information content (AvgIpc) is 3.71. The van der Waals surface area contributed by atoms with Crippen LogP contribution >= 0.6 is 0 Å². The first kappa shape index (κ1) is 34.1. The molecule has 280 valence electrons. The highest BCUT2D eigenvalue weighted by atomic mass is 16.3. The van der Waals surface area contributed by atoms with Gasteiger partial charge in [0.1, 0.15) is 11.2 Å². The zero-order valence-electron chi connectivity index (χ0n) is 32.7. The van der Waals surface area contributed by atoms with E-state index in [1.54, 1.807) is 0 Å². The molecule has 11 aromatic carbocycles. The van der Waals surface area contributed by atoms with Gasteiger partial charge in [0.15, 0.2) is 0 Å². The second kappa shape index (κ2) is 13.9. The number of fused-ring (bicyclic) bond motifs is 9. The van der Waals surface area contributed by atoms with Crippen molar-refractivity contribution in [1.82, 2.24) is 0 Å². The first-order valence-electron chi connectivity index (χ1n) is 20.6. The van der Waals surface area contributed by atoms with E-state index >= 15 is 0 Å². The van der Waals surface area contributed by atoms with E-state index in [0.29, 0.717) is 0 Å². The molecule has 0 aliphatic heterocycles. The molecule has 0 aliphatic carbocycles. The molecule has 0 N–H and O–H groups in total. The van der Waals surface area contributed by atoms with E-state index in [4.69, 9.17) is 4.42 Å². The Kier molecular flexibility index (Phi) is 7.89. The van der Waals surface area contributed by atoms with Crippen molar-refractivity contribution >= 4 is 82.1 Å². The fraction of sp³-hybridized carbons (Fsp3) is 0. The molecule has 12 rings (SSSR count). The van der Waals surface area contributed by atoms with Gasteiger partial charge >= 0.3 is 0 Å². The van der Waals surface area contributed by atoms with E-state index < -0.39 is 0 Å². The molecule has 0 atom stereocenters. The molecule has 0 fully saturated rings. The van der Waals surface area contributed by atoms with Crippen LogP contribution in [0.2, 0.25) is 0 Å². The highest BCUT2D eigenvalue weighted by Gasteiger charge is 2.21. The third kappa shape index (κ3) is 5.57. The van der Waals surface area contributed by atoms with Crippen LogP contribution in [0.5, 0.6) is 0 Å². The average molecular weight is 764 g/mol. The van der Waals surface area contributed by atoms with E-state index in [1.165, 1.54) is 59.8 Å².